The first-order valence-electron chi connectivity index (χ1n) is 9.28. The van der Waals surface area contributed by atoms with Crippen molar-refractivity contribution in [3.05, 3.63) is 62.8 Å². The highest BCUT2D eigenvalue weighted by Gasteiger charge is 2.32. The Morgan fingerprint density at radius 1 is 1.25 bits per heavy atom. The molecule has 0 saturated carbocycles. The molecule has 0 spiro atoms. The van der Waals surface area contributed by atoms with Gasteiger partial charge in [0.15, 0.2) is 5.43 Å². The zero-order valence-electron chi connectivity index (χ0n) is 15.8. The summed E-state index contributed by atoms with van der Waals surface area (Å²) in [5.41, 5.74) is 2.17. The molecule has 0 aliphatic carbocycles. The van der Waals surface area contributed by atoms with E-state index in [2.05, 4.69) is 4.90 Å². The van der Waals surface area contributed by atoms with Crippen LogP contribution in [-0.4, -0.2) is 41.4 Å². The summed E-state index contributed by atoms with van der Waals surface area (Å²) < 4.78 is 6.16. The van der Waals surface area contributed by atoms with Gasteiger partial charge < -0.3 is 19.5 Å². The lowest BCUT2D eigenvalue weighted by atomic mass is 9.83. The number of rotatable bonds is 2. The van der Waals surface area contributed by atoms with E-state index in [0.717, 1.165) is 24.1 Å². The second-order valence-corrected chi connectivity index (χ2v) is 7.92. The second kappa shape index (κ2) is 7.24. The molecule has 2 heterocycles. The quantitative estimate of drug-likeness (QED) is 0.683. The van der Waals surface area contributed by atoms with Crippen LogP contribution in [0.3, 0.4) is 0 Å². The average molecular weight is 400 g/mol. The molecule has 1 aliphatic rings. The van der Waals surface area contributed by atoms with Crippen LogP contribution in [0.5, 0.6) is 5.75 Å². The van der Waals surface area contributed by atoms with Crippen LogP contribution >= 0.6 is 11.6 Å². The smallest absolute Gasteiger partial charge is 0.197 e. The molecule has 1 unspecified atom stereocenters. The van der Waals surface area contributed by atoms with Crippen molar-refractivity contribution >= 4 is 22.6 Å². The lowest BCUT2D eigenvalue weighted by Gasteiger charge is -2.34. The summed E-state index contributed by atoms with van der Waals surface area (Å²) in [5.74, 6) is 0.0545. The van der Waals surface area contributed by atoms with Gasteiger partial charge in [0.05, 0.1) is 11.1 Å². The monoisotopic (exact) mass is 399 g/mol. The predicted molar refractivity (Wildman–Crippen MR) is 110 cm³/mol. The number of likely N-dealkylation sites (N-methyl/N-ethyl adjacent to an activating group) is 1. The van der Waals surface area contributed by atoms with Crippen molar-refractivity contribution in [3.8, 4) is 17.1 Å². The summed E-state index contributed by atoms with van der Waals surface area (Å²) in [6.45, 7) is 3.24. The fourth-order valence-corrected chi connectivity index (χ4v) is 4.37. The van der Waals surface area contributed by atoms with Crippen molar-refractivity contribution in [3.63, 3.8) is 0 Å². The molecule has 0 radical (unpaired) electrons. The van der Waals surface area contributed by atoms with E-state index in [4.69, 9.17) is 16.0 Å². The minimum atomic E-state index is -0.584. The summed E-state index contributed by atoms with van der Waals surface area (Å²) >= 11 is 6.30. The van der Waals surface area contributed by atoms with Crippen LogP contribution in [0.25, 0.3) is 22.3 Å². The number of aromatic hydroxyl groups is 1. The minimum absolute atomic E-state index is 0.113. The Hall–Kier alpha value is -2.34. The van der Waals surface area contributed by atoms with E-state index in [9.17, 15) is 15.0 Å². The number of β-amino-alcohol motifs (C(OH)–C–C–N with tert-alkyl or cyclic N) is 1. The van der Waals surface area contributed by atoms with Crippen LogP contribution in [0.2, 0.25) is 5.02 Å². The molecule has 1 saturated heterocycles. The Kier molecular flexibility index (Phi) is 4.91. The van der Waals surface area contributed by atoms with Gasteiger partial charge in [-0.1, -0.05) is 23.7 Å². The van der Waals surface area contributed by atoms with E-state index in [0.29, 0.717) is 28.5 Å². The molecular formula is C22H22ClNO4. The van der Waals surface area contributed by atoms with Gasteiger partial charge in [-0.05, 0) is 50.7 Å². The van der Waals surface area contributed by atoms with Crippen molar-refractivity contribution < 1.29 is 14.6 Å². The van der Waals surface area contributed by atoms with Gasteiger partial charge in [-0.3, -0.25) is 4.79 Å². The molecule has 2 aromatic carbocycles. The molecule has 5 nitrogen and oxygen atoms in total. The number of aliphatic hydroxyl groups excluding tert-OH is 1. The Morgan fingerprint density at radius 2 is 2.00 bits per heavy atom. The number of benzene rings is 2. The minimum Gasteiger partial charge on any atom is -0.507 e. The highest BCUT2D eigenvalue weighted by molar-refractivity contribution is 6.33. The van der Waals surface area contributed by atoms with Gasteiger partial charge in [0, 0.05) is 29.7 Å². The van der Waals surface area contributed by atoms with Crippen LogP contribution < -0.4 is 5.43 Å². The number of aliphatic hydroxyl groups is 1. The van der Waals surface area contributed by atoms with Crippen LogP contribution in [0.4, 0.5) is 0 Å². The molecule has 0 bridgehead atoms. The number of aryl methyl sites for hydroxylation is 1. The predicted octanol–water partition coefficient (Wildman–Crippen LogP) is 3.91. The summed E-state index contributed by atoms with van der Waals surface area (Å²) in [6, 6.07) is 10.1. The maximum atomic E-state index is 12.9. The summed E-state index contributed by atoms with van der Waals surface area (Å²) in [4.78, 5) is 14.9. The van der Waals surface area contributed by atoms with Crippen LogP contribution in [0, 0.1) is 6.92 Å². The molecule has 146 valence electrons. The normalized spacial score (nSPS) is 20.6. The van der Waals surface area contributed by atoms with E-state index in [-0.39, 0.29) is 22.5 Å². The van der Waals surface area contributed by atoms with Crippen molar-refractivity contribution in [2.45, 2.75) is 25.4 Å². The van der Waals surface area contributed by atoms with Crippen molar-refractivity contribution in [1.29, 1.82) is 0 Å². The summed E-state index contributed by atoms with van der Waals surface area (Å²) in [6.07, 6.45) is 0.151. The average Bonchev–Trinajstić information content (AvgIpc) is 2.63. The van der Waals surface area contributed by atoms with Gasteiger partial charge in [-0.15, -0.1) is 0 Å². The molecule has 2 N–H and O–H groups in total. The van der Waals surface area contributed by atoms with E-state index < -0.39 is 6.10 Å². The first kappa shape index (κ1) is 19.0. The lowest BCUT2D eigenvalue weighted by molar-refractivity contribution is 0.0637. The molecular weight excluding hydrogens is 378 g/mol. The Morgan fingerprint density at radius 3 is 2.71 bits per heavy atom. The Bertz CT molecular complexity index is 1110. The number of hydrogen-bond acceptors (Lipinski definition) is 5. The number of phenolic OH excluding ortho intramolecular Hbond substituents is 1. The van der Waals surface area contributed by atoms with Crippen LogP contribution in [-0.2, 0) is 0 Å². The van der Waals surface area contributed by atoms with Crippen LogP contribution in [0.15, 0.2) is 45.6 Å². The van der Waals surface area contributed by atoms with E-state index in [1.807, 2.05) is 20.0 Å². The maximum Gasteiger partial charge on any atom is 0.197 e. The zero-order valence-corrected chi connectivity index (χ0v) is 16.5. The fraction of sp³-hybridized carbons (Fsp3) is 0.318. The number of halogens is 1. The molecule has 4 rings (SSSR count). The molecule has 28 heavy (non-hydrogen) atoms. The number of fused-ring (bicyclic) bond motifs is 1. The number of likely N-dealkylation sites (tertiary alicyclic amines) is 1. The first-order valence-corrected chi connectivity index (χ1v) is 9.66. The fourth-order valence-electron chi connectivity index (χ4n) is 4.14. The van der Waals surface area contributed by atoms with Gasteiger partial charge in [0.2, 0.25) is 0 Å². The Balaban J connectivity index is 2.00. The van der Waals surface area contributed by atoms with Gasteiger partial charge in [0.25, 0.3) is 0 Å². The molecule has 3 aromatic rings. The second-order valence-electron chi connectivity index (χ2n) is 7.51. The van der Waals surface area contributed by atoms with Crippen molar-refractivity contribution in [2.24, 2.45) is 0 Å². The molecule has 1 aliphatic heterocycles. The van der Waals surface area contributed by atoms with E-state index in [1.165, 1.54) is 6.07 Å². The van der Waals surface area contributed by atoms with Gasteiger partial charge in [0.1, 0.15) is 22.5 Å². The first-order chi connectivity index (χ1) is 13.4. The summed E-state index contributed by atoms with van der Waals surface area (Å²) in [7, 11) is 1.97. The zero-order chi connectivity index (χ0) is 20.0. The lowest BCUT2D eigenvalue weighted by Crippen LogP contribution is -2.40. The molecule has 0 amide bonds. The third-order valence-electron chi connectivity index (χ3n) is 5.52. The highest BCUT2D eigenvalue weighted by atomic mass is 35.5. The third-order valence-corrected chi connectivity index (χ3v) is 5.85. The topological polar surface area (TPSA) is 73.9 Å². The summed E-state index contributed by atoms with van der Waals surface area (Å²) in [5, 5.41) is 21.7. The van der Waals surface area contributed by atoms with Gasteiger partial charge >= 0.3 is 0 Å². The van der Waals surface area contributed by atoms with Crippen molar-refractivity contribution in [2.75, 3.05) is 20.1 Å². The third kappa shape index (κ3) is 3.20. The Labute approximate surface area is 167 Å². The standard InChI is InChI=1S/C22H22ClNO4/c1-12-9-16(25)21-17(26)10-19(13-5-3-4-6-15(13)23)28-22(21)20(12)14-7-8-24(2)11-18(14)27/h3-6,9-10,14,18,25,27H,7-8,11H2,1-2H3/t14?,18-/m1/s1. The highest BCUT2D eigenvalue weighted by Crippen LogP contribution is 2.40. The molecule has 1 aromatic heterocycles. The van der Waals surface area contributed by atoms with Gasteiger partial charge in [-0.25, -0.2) is 0 Å². The molecule has 2 atom stereocenters. The van der Waals surface area contributed by atoms with Gasteiger partial charge in [-0.2, -0.15) is 0 Å². The largest absolute Gasteiger partial charge is 0.507 e. The van der Waals surface area contributed by atoms with E-state index in [1.54, 1.807) is 24.3 Å². The molecule has 6 heteroatoms. The maximum absolute atomic E-state index is 12.9. The number of piperidine rings is 1. The SMILES string of the molecule is Cc1cc(O)c2c(=O)cc(-c3ccccc3Cl)oc2c1C1CCN(C)C[C@H]1O. The number of phenols is 1. The number of hydrogen-bond donors (Lipinski definition) is 2. The number of nitrogens with zero attached hydrogens (tertiary/aromatic N) is 1. The molecule has 1 fully saturated rings. The van der Waals surface area contributed by atoms with Crippen molar-refractivity contribution in [1.82, 2.24) is 4.90 Å². The van der Waals surface area contributed by atoms with E-state index >= 15 is 0 Å². The van der Waals surface area contributed by atoms with Crippen LogP contribution in [0.1, 0.15) is 23.5 Å².